The van der Waals surface area contributed by atoms with Gasteiger partial charge in [-0.15, -0.1) is 0 Å². The Kier molecular flexibility index (Phi) is 4.75. The van der Waals surface area contributed by atoms with Crippen LogP contribution < -0.4 is 5.19 Å². The fraction of sp³-hybridized carbons (Fsp3) is 0.467. The van der Waals surface area contributed by atoms with Gasteiger partial charge in [-0.1, -0.05) is 60.4 Å². The Hall–Kier alpha value is -0.903. The van der Waals surface area contributed by atoms with E-state index < -0.39 is 8.07 Å². The Morgan fingerprint density at radius 1 is 1.17 bits per heavy atom. The first-order chi connectivity index (χ1) is 8.68. The molecule has 1 aromatic rings. The zero-order valence-electron chi connectivity index (χ0n) is 11.4. The maximum Gasteiger partial charge on any atom is 0.103 e. The van der Waals surface area contributed by atoms with Gasteiger partial charge in [0.2, 0.25) is 0 Å². The molecule has 0 unspecified atom stereocenters. The van der Waals surface area contributed by atoms with Crippen molar-refractivity contribution in [2.75, 3.05) is 32.8 Å². The van der Waals surface area contributed by atoms with E-state index in [1.165, 1.54) is 5.19 Å². The van der Waals surface area contributed by atoms with Crippen molar-refractivity contribution in [1.82, 2.24) is 4.90 Å². The molecule has 2 rings (SSSR count). The maximum absolute atomic E-state index is 5.36. The van der Waals surface area contributed by atoms with E-state index >= 15 is 0 Å². The highest BCUT2D eigenvalue weighted by atomic mass is 28.3. The molecule has 1 aromatic carbocycles. The molecule has 0 spiro atoms. The Morgan fingerprint density at radius 3 is 2.50 bits per heavy atom. The van der Waals surface area contributed by atoms with E-state index in [-0.39, 0.29) is 0 Å². The van der Waals surface area contributed by atoms with Gasteiger partial charge in [-0.3, -0.25) is 4.90 Å². The largest absolute Gasteiger partial charge is 0.379 e. The van der Waals surface area contributed by atoms with Crippen LogP contribution in [0.25, 0.3) is 0 Å². The van der Waals surface area contributed by atoms with E-state index in [9.17, 15) is 0 Å². The van der Waals surface area contributed by atoms with Gasteiger partial charge in [0.05, 0.1) is 13.2 Å². The molecule has 1 aliphatic rings. The molecule has 1 aliphatic heterocycles. The number of benzene rings is 1. The van der Waals surface area contributed by atoms with Crippen LogP contribution in [-0.4, -0.2) is 45.8 Å². The minimum atomic E-state index is -1.40. The molecule has 0 bridgehead atoms. The van der Waals surface area contributed by atoms with Crippen molar-refractivity contribution in [3.8, 4) is 0 Å². The van der Waals surface area contributed by atoms with Gasteiger partial charge in [-0.05, 0) is 0 Å². The minimum Gasteiger partial charge on any atom is -0.379 e. The standard InChI is InChI=1S/C15H23NOSi/c1-18(2,15-7-4-3-5-8-15)14-6-9-16-10-12-17-13-11-16/h3-8,14H,9-13H2,1-2H3/b14-6+. The van der Waals surface area contributed by atoms with E-state index in [0.717, 1.165) is 32.8 Å². The van der Waals surface area contributed by atoms with Crippen molar-refractivity contribution in [2.45, 2.75) is 13.1 Å². The van der Waals surface area contributed by atoms with Gasteiger partial charge in [0.15, 0.2) is 0 Å². The van der Waals surface area contributed by atoms with Crippen LogP contribution in [0.5, 0.6) is 0 Å². The number of rotatable bonds is 4. The highest BCUT2D eigenvalue weighted by Crippen LogP contribution is 2.06. The first kappa shape index (κ1) is 13.5. The summed E-state index contributed by atoms with van der Waals surface area (Å²) in [6.07, 6.45) is 2.35. The second-order valence-electron chi connectivity index (χ2n) is 5.40. The van der Waals surface area contributed by atoms with E-state index in [1.54, 1.807) is 0 Å². The van der Waals surface area contributed by atoms with Crippen molar-refractivity contribution in [3.63, 3.8) is 0 Å². The van der Waals surface area contributed by atoms with Crippen LogP contribution in [0.4, 0.5) is 0 Å². The fourth-order valence-electron chi connectivity index (χ4n) is 2.24. The van der Waals surface area contributed by atoms with Gasteiger partial charge in [-0.2, -0.15) is 0 Å². The molecule has 0 atom stereocenters. The van der Waals surface area contributed by atoms with E-state index in [0.29, 0.717) is 0 Å². The van der Waals surface area contributed by atoms with E-state index in [4.69, 9.17) is 4.74 Å². The van der Waals surface area contributed by atoms with Gasteiger partial charge in [0, 0.05) is 19.6 Å². The van der Waals surface area contributed by atoms with Crippen LogP contribution in [0.15, 0.2) is 42.1 Å². The highest BCUT2D eigenvalue weighted by molar-refractivity contribution is 6.93. The van der Waals surface area contributed by atoms with Crippen LogP contribution in [0.1, 0.15) is 0 Å². The molecule has 0 N–H and O–H groups in total. The topological polar surface area (TPSA) is 12.5 Å². The molecule has 1 fully saturated rings. The lowest BCUT2D eigenvalue weighted by molar-refractivity contribution is 0.0434. The zero-order valence-corrected chi connectivity index (χ0v) is 12.4. The summed E-state index contributed by atoms with van der Waals surface area (Å²) in [5.41, 5.74) is 2.46. The summed E-state index contributed by atoms with van der Waals surface area (Å²) in [4.78, 5) is 2.45. The molecule has 0 saturated carbocycles. The molecular weight excluding hydrogens is 238 g/mol. The summed E-state index contributed by atoms with van der Waals surface area (Å²) < 4.78 is 5.36. The predicted octanol–water partition coefficient (Wildman–Crippen LogP) is 2.03. The summed E-state index contributed by atoms with van der Waals surface area (Å²) in [7, 11) is -1.40. The molecule has 0 radical (unpaired) electrons. The Labute approximate surface area is 111 Å². The van der Waals surface area contributed by atoms with Gasteiger partial charge in [-0.25, -0.2) is 0 Å². The van der Waals surface area contributed by atoms with Crippen molar-refractivity contribution in [1.29, 1.82) is 0 Å². The van der Waals surface area contributed by atoms with Crippen LogP contribution in [0.3, 0.4) is 0 Å². The minimum absolute atomic E-state index is 0.882. The quantitative estimate of drug-likeness (QED) is 0.769. The van der Waals surface area contributed by atoms with Crippen molar-refractivity contribution in [3.05, 3.63) is 42.1 Å². The van der Waals surface area contributed by atoms with Crippen LogP contribution in [0, 0.1) is 0 Å². The third-order valence-corrected chi connectivity index (χ3v) is 6.41. The highest BCUT2D eigenvalue weighted by Gasteiger charge is 2.19. The number of hydrogen-bond donors (Lipinski definition) is 0. The molecule has 18 heavy (non-hydrogen) atoms. The smallest absolute Gasteiger partial charge is 0.103 e. The van der Waals surface area contributed by atoms with E-state index in [2.05, 4.69) is 60.1 Å². The molecule has 0 aliphatic carbocycles. The van der Waals surface area contributed by atoms with Gasteiger partial charge in [0.1, 0.15) is 8.07 Å². The fourth-order valence-corrected chi connectivity index (χ4v) is 4.18. The van der Waals surface area contributed by atoms with E-state index in [1.807, 2.05) is 0 Å². The van der Waals surface area contributed by atoms with Crippen molar-refractivity contribution >= 4 is 13.3 Å². The second-order valence-corrected chi connectivity index (χ2v) is 9.76. The Bertz CT molecular complexity index is 383. The molecule has 1 heterocycles. The molecular formula is C15H23NOSi. The van der Waals surface area contributed by atoms with Crippen LogP contribution >= 0.6 is 0 Å². The molecule has 2 nitrogen and oxygen atoms in total. The average Bonchev–Trinajstić information content (AvgIpc) is 2.41. The first-order valence-corrected chi connectivity index (χ1v) is 9.79. The summed E-state index contributed by atoms with van der Waals surface area (Å²) in [6, 6.07) is 10.9. The lowest BCUT2D eigenvalue weighted by Crippen LogP contribution is -2.40. The Balaban J connectivity index is 1.91. The molecule has 98 valence electrons. The maximum atomic E-state index is 5.36. The third-order valence-electron chi connectivity index (χ3n) is 3.52. The number of ether oxygens (including phenoxy) is 1. The van der Waals surface area contributed by atoms with Crippen LogP contribution in [-0.2, 0) is 4.74 Å². The summed E-state index contributed by atoms with van der Waals surface area (Å²) in [5.74, 6) is 0. The van der Waals surface area contributed by atoms with Gasteiger partial charge < -0.3 is 4.74 Å². The Morgan fingerprint density at radius 2 is 1.83 bits per heavy atom. The molecule has 0 aromatic heterocycles. The predicted molar refractivity (Wildman–Crippen MR) is 80.0 cm³/mol. The number of nitrogens with zero attached hydrogens (tertiary/aromatic N) is 1. The zero-order chi connectivity index (χ0) is 12.8. The van der Waals surface area contributed by atoms with Crippen LogP contribution in [0.2, 0.25) is 13.1 Å². The van der Waals surface area contributed by atoms with Gasteiger partial charge >= 0.3 is 0 Å². The number of hydrogen-bond acceptors (Lipinski definition) is 2. The third kappa shape index (κ3) is 3.80. The van der Waals surface area contributed by atoms with Crippen molar-refractivity contribution < 1.29 is 4.74 Å². The molecule has 1 saturated heterocycles. The summed E-state index contributed by atoms with van der Waals surface area (Å²) in [5, 5.41) is 1.50. The summed E-state index contributed by atoms with van der Waals surface area (Å²) >= 11 is 0. The number of morpholine rings is 1. The normalized spacial score (nSPS) is 18.3. The molecule has 3 heteroatoms. The second kappa shape index (κ2) is 6.32. The SMILES string of the molecule is C[Si](C)(/C=C/CN1CCOCC1)c1ccccc1. The lowest BCUT2D eigenvalue weighted by atomic mass is 10.4. The van der Waals surface area contributed by atoms with Gasteiger partial charge in [0.25, 0.3) is 0 Å². The first-order valence-electron chi connectivity index (χ1n) is 6.72. The van der Waals surface area contributed by atoms with Crippen molar-refractivity contribution in [2.24, 2.45) is 0 Å². The average molecular weight is 261 g/mol. The monoisotopic (exact) mass is 261 g/mol. The molecule has 0 amide bonds. The lowest BCUT2D eigenvalue weighted by Gasteiger charge is -2.26. The summed E-state index contributed by atoms with van der Waals surface area (Å²) in [6.45, 7) is 9.76.